The molecule has 0 aliphatic carbocycles. The molecule has 0 radical (unpaired) electrons. The molecule has 0 unspecified atom stereocenters. The predicted octanol–water partition coefficient (Wildman–Crippen LogP) is 3.23. The molecule has 0 aliphatic rings. The molecule has 0 amide bonds. The lowest BCUT2D eigenvalue weighted by Crippen LogP contribution is -2.11. The first kappa shape index (κ1) is 9.06. The molecule has 0 aliphatic heterocycles. The molecular formula is C11H13NO2. The molecule has 0 bridgehead atoms. The van der Waals surface area contributed by atoms with Crippen LogP contribution in [0.4, 0.5) is 0 Å². The summed E-state index contributed by atoms with van der Waals surface area (Å²) in [5.74, 6) is 1.21. The minimum Gasteiger partial charge on any atom is -0.459 e. The summed E-state index contributed by atoms with van der Waals surface area (Å²) in [7, 11) is 0. The van der Waals surface area contributed by atoms with Crippen molar-refractivity contribution in [2.24, 2.45) is 0 Å². The van der Waals surface area contributed by atoms with Crippen molar-refractivity contribution in [1.29, 1.82) is 0 Å². The number of furan rings is 1. The van der Waals surface area contributed by atoms with Crippen molar-refractivity contribution < 1.29 is 8.83 Å². The second-order valence-corrected chi connectivity index (χ2v) is 4.27. The highest BCUT2D eigenvalue weighted by Crippen LogP contribution is 2.25. The van der Waals surface area contributed by atoms with E-state index in [1.165, 1.54) is 0 Å². The van der Waals surface area contributed by atoms with E-state index in [1.807, 2.05) is 12.1 Å². The van der Waals surface area contributed by atoms with Crippen LogP contribution in [-0.4, -0.2) is 4.98 Å². The highest BCUT2D eigenvalue weighted by atomic mass is 16.4. The standard InChI is InChI=1S/C11H13NO2/c1-11(2,3)9-7-14-10(12-9)8-5-4-6-13-8/h4-7H,1-3H3. The molecular weight excluding hydrogens is 178 g/mol. The van der Waals surface area contributed by atoms with Crippen LogP contribution in [-0.2, 0) is 5.41 Å². The quantitative estimate of drug-likeness (QED) is 0.694. The zero-order chi connectivity index (χ0) is 10.2. The van der Waals surface area contributed by atoms with E-state index in [2.05, 4.69) is 25.8 Å². The fourth-order valence-corrected chi connectivity index (χ4v) is 1.13. The smallest absolute Gasteiger partial charge is 0.262 e. The van der Waals surface area contributed by atoms with Crippen LogP contribution >= 0.6 is 0 Å². The number of hydrogen-bond acceptors (Lipinski definition) is 3. The van der Waals surface area contributed by atoms with Crippen LogP contribution in [0.25, 0.3) is 11.7 Å². The van der Waals surface area contributed by atoms with E-state index in [1.54, 1.807) is 12.5 Å². The van der Waals surface area contributed by atoms with Crippen molar-refractivity contribution in [3.05, 3.63) is 30.4 Å². The number of nitrogens with zero attached hydrogens (tertiary/aromatic N) is 1. The molecule has 2 aromatic heterocycles. The maximum atomic E-state index is 5.33. The van der Waals surface area contributed by atoms with Gasteiger partial charge in [0.1, 0.15) is 6.26 Å². The third-order valence-corrected chi connectivity index (χ3v) is 2.00. The SMILES string of the molecule is CC(C)(C)c1coc(-c2ccco2)n1. The molecule has 3 nitrogen and oxygen atoms in total. The normalized spacial score (nSPS) is 11.9. The topological polar surface area (TPSA) is 39.2 Å². The van der Waals surface area contributed by atoms with Gasteiger partial charge in [-0.1, -0.05) is 20.8 Å². The Morgan fingerprint density at radius 1 is 1.21 bits per heavy atom. The van der Waals surface area contributed by atoms with Gasteiger partial charge in [0, 0.05) is 5.41 Å². The fraction of sp³-hybridized carbons (Fsp3) is 0.364. The molecule has 0 fully saturated rings. The minimum absolute atomic E-state index is 0.00828. The zero-order valence-electron chi connectivity index (χ0n) is 8.57. The van der Waals surface area contributed by atoms with Gasteiger partial charge < -0.3 is 8.83 Å². The largest absolute Gasteiger partial charge is 0.459 e. The number of rotatable bonds is 1. The molecule has 0 aromatic carbocycles. The van der Waals surface area contributed by atoms with Crippen LogP contribution < -0.4 is 0 Å². The van der Waals surface area contributed by atoms with Gasteiger partial charge in [-0.25, -0.2) is 4.98 Å². The summed E-state index contributed by atoms with van der Waals surface area (Å²) in [6.45, 7) is 6.28. The second-order valence-electron chi connectivity index (χ2n) is 4.27. The Bertz CT molecular complexity index is 407. The molecule has 0 saturated carbocycles. The van der Waals surface area contributed by atoms with E-state index in [0.29, 0.717) is 11.7 Å². The Balaban J connectivity index is 2.36. The Hall–Kier alpha value is -1.51. The van der Waals surface area contributed by atoms with Gasteiger partial charge in [0.25, 0.3) is 5.89 Å². The van der Waals surface area contributed by atoms with E-state index in [0.717, 1.165) is 5.69 Å². The monoisotopic (exact) mass is 191 g/mol. The van der Waals surface area contributed by atoms with Crippen molar-refractivity contribution in [3.8, 4) is 11.7 Å². The van der Waals surface area contributed by atoms with Crippen LogP contribution in [0.1, 0.15) is 26.5 Å². The van der Waals surface area contributed by atoms with E-state index in [4.69, 9.17) is 8.83 Å². The van der Waals surface area contributed by atoms with Crippen molar-refractivity contribution in [1.82, 2.24) is 4.98 Å². The van der Waals surface area contributed by atoms with Gasteiger partial charge in [0.2, 0.25) is 0 Å². The lowest BCUT2D eigenvalue weighted by Gasteiger charge is -2.12. The van der Waals surface area contributed by atoms with Gasteiger partial charge in [-0.15, -0.1) is 0 Å². The molecule has 2 heterocycles. The minimum atomic E-state index is 0.00828. The van der Waals surface area contributed by atoms with Gasteiger partial charge in [0.05, 0.1) is 12.0 Å². The molecule has 0 N–H and O–H groups in total. The van der Waals surface area contributed by atoms with Crippen molar-refractivity contribution in [2.75, 3.05) is 0 Å². The lowest BCUT2D eigenvalue weighted by molar-refractivity contribution is 0.513. The van der Waals surface area contributed by atoms with Gasteiger partial charge in [-0.3, -0.25) is 0 Å². The zero-order valence-corrected chi connectivity index (χ0v) is 8.57. The highest BCUT2D eigenvalue weighted by molar-refractivity contribution is 5.44. The molecule has 2 rings (SSSR count). The second kappa shape index (κ2) is 3.01. The average molecular weight is 191 g/mol. The van der Waals surface area contributed by atoms with E-state index in [9.17, 15) is 0 Å². The van der Waals surface area contributed by atoms with Gasteiger partial charge in [-0.05, 0) is 12.1 Å². The van der Waals surface area contributed by atoms with Crippen LogP contribution in [0.2, 0.25) is 0 Å². The molecule has 0 saturated heterocycles. The summed E-state index contributed by atoms with van der Waals surface area (Å²) in [6, 6.07) is 3.65. The average Bonchev–Trinajstić information content (AvgIpc) is 2.73. The first-order valence-electron chi connectivity index (χ1n) is 4.57. The Kier molecular flexibility index (Phi) is 1.95. The Morgan fingerprint density at radius 2 is 2.00 bits per heavy atom. The molecule has 3 heteroatoms. The first-order chi connectivity index (χ1) is 6.57. The fourth-order valence-electron chi connectivity index (χ4n) is 1.13. The van der Waals surface area contributed by atoms with Crippen LogP contribution in [0.3, 0.4) is 0 Å². The van der Waals surface area contributed by atoms with Crippen molar-refractivity contribution in [3.63, 3.8) is 0 Å². The molecule has 0 atom stereocenters. The van der Waals surface area contributed by atoms with Crippen molar-refractivity contribution >= 4 is 0 Å². The predicted molar refractivity (Wildman–Crippen MR) is 52.9 cm³/mol. The summed E-state index contributed by atoms with van der Waals surface area (Å²) in [5, 5.41) is 0. The summed E-state index contributed by atoms with van der Waals surface area (Å²) in [5.41, 5.74) is 0.942. The van der Waals surface area contributed by atoms with E-state index >= 15 is 0 Å². The summed E-state index contributed by atoms with van der Waals surface area (Å²) >= 11 is 0. The summed E-state index contributed by atoms with van der Waals surface area (Å²) in [4.78, 5) is 4.36. The van der Waals surface area contributed by atoms with Crippen molar-refractivity contribution in [2.45, 2.75) is 26.2 Å². The molecule has 0 spiro atoms. The van der Waals surface area contributed by atoms with Gasteiger partial charge in [-0.2, -0.15) is 0 Å². The molecule has 14 heavy (non-hydrogen) atoms. The van der Waals surface area contributed by atoms with Crippen LogP contribution in [0.5, 0.6) is 0 Å². The summed E-state index contributed by atoms with van der Waals surface area (Å²) < 4.78 is 10.5. The maximum absolute atomic E-state index is 5.33. The number of oxazole rings is 1. The third kappa shape index (κ3) is 1.58. The molecule has 2 aromatic rings. The number of hydrogen-bond donors (Lipinski definition) is 0. The maximum Gasteiger partial charge on any atom is 0.262 e. The number of aromatic nitrogens is 1. The molecule has 74 valence electrons. The Morgan fingerprint density at radius 3 is 2.50 bits per heavy atom. The van der Waals surface area contributed by atoms with E-state index in [-0.39, 0.29) is 5.41 Å². The highest BCUT2D eigenvalue weighted by Gasteiger charge is 2.19. The van der Waals surface area contributed by atoms with E-state index < -0.39 is 0 Å². The van der Waals surface area contributed by atoms with Gasteiger partial charge in [0.15, 0.2) is 5.76 Å². The third-order valence-electron chi connectivity index (χ3n) is 2.00. The summed E-state index contributed by atoms with van der Waals surface area (Å²) in [6.07, 6.45) is 3.29. The van der Waals surface area contributed by atoms with Gasteiger partial charge >= 0.3 is 0 Å². The van der Waals surface area contributed by atoms with Crippen LogP contribution in [0.15, 0.2) is 33.5 Å². The lowest BCUT2D eigenvalue weighted by atomic mass is 9.93. The first-order valence-corrected chi connectivity index (χ1v) is 4.57. The van der Waals surface area contributed by atoms with Crippen LogP contribution in [0, 0.1) is 0 Å². The Labute approximate surface area is 82.8 Å².